The second-order valence-corrected chi connectivity index (χ2v) is 6.47. The Morgan fingerprint density at radius 2 is 2.25 bits per heavy atom. The minimum atomic E-state index is -1.43. The Morgan fingerprint density at radius 3 is 2.85 bits per heavy atom. The fraction of sp³-hybridized carbons (Fsp3) is 0.231. The standard InChI is InChI=1S/C13H13BrN2O3S/c1-2-16-7-9(6-15-16)8-20(19)12-5-10(14)3-4-11(12)13(17)18/h3-7H,2,8H2,1H3,(H,17,18). The summed E-state index contributed by atoms with van der Waals surface area (Å²) < 4.78 is 14.8. The molecule has 0 aliphatic rings. The number of carboxylic acids is 1. The number of hydrogen-bond donors (Lipinski definition) is 1. The summed E-state index contributed by atoms with van der Waals surface area (Å²) in [6.45, 7) is 2.70. The third-order valence-electron chi connectivity index (χ3n) is 2.73. The smallest absolute Gasteiger partial charge is 0.336 e. The van der Waals surface area contributed by atoms with E-state index in [1.807, 2.05) is 13.1 Å². The van der Waals surface area contributed by atoms with Gasteiger partial charge in [0.1, 0.15) is 0 Å². The van der Waals surface area contributed by atoms with E-state index in [4.69, 9.17) is 5.11 Å². The Morgan fingerprint density at radius 1 is 1.50 bits per heavy atom. The van der Waals surface area contributed by atoms with Gasteiger partial charge in [0.25, 0.3) is 0 Å². The Balaban J connectivity index is 2.28. The monoisotopic (exact) mass is 356 g/mol. The Hall–Kier alpha value is -1.47. The minimum Gasteiger partial charge on any atom is -0.478 e. The molecule has 7 heteroatoms. The predicted octanol–water partition coefficient (Wildman–Crippen LogP) is 2.67. The molecule has 0 saturated carbocycles. The SMILES string of the molecule is CCn1cc(CS(=O)c2cc(Br)ccc2C(=O)O)cn1. The number of nitrogens with zero attached hydrogens (tertiary/aromatic N) is 2. The predicted molar refractivity (Wildman–Crippen MR) is 79.1 cm³/mol. The maximum Gasteiger partial charge on any atom is 0.336 e. The molecule has 0 aliphatic heterocycles. The van der Waals surface area contributed by atoms with Gasteiger partial charge in [0, 0.05) is 22.8 Å². The molecule has 1 aromatic carbocycles. The maximum absolute atomic E-state index is 12.4. The summed E-state index contributed by atoms with van der Waals surface area (Å²) in [4.78, 5) is 11.5. The van der Waals surface area contributed by atoms with Crippen LogP contribution in [0.3, 0.4) is 0 Å². The molecule has 0 saturated heterocycles. The molecule has 0 bridgehead atoms. The van der Waals surface area contributed by atoms with Crippen LogP contribution in [-0.2, 0) is 23.1 Å². The van der Waals surface area contributed by atoms with Crippen LogP contribution in [0.5, 0.6) is 0 Å². The summed E-state index contributed by atoms with van der Waals surface area (Å²) >= 11 is 3.27. The van der Waals surface area contributed by atoms with Crippen LogP contribution in [0.25, 0.3) is 0 Å². The van der Waals surface area contributed by atoms with Crippen molar-refractivity contribution in [3.05, 3.63) is 46.2 Å². The van der Waals surface area contributed by atoms with E-state index in [1.165, 1.54) is 6.07 Å². The van der Waals surface area contributed by atoms with E-state index in [0.29, 0.717) is 9.37 Å². The summed E-state index contributed by atoms with van der Waals surface area (Å²) in [6.07, 6.45) is 3.47. The third kappa shape index (κ3) is 3.34. The molecule has 1 heterocycles. The lowest BCUT2D eigenvalue weighted by Crippen LogP contribution is -2.06. The van der Waals surface area contributed by atoms with Gasteiger partial charge in [-0.2, -0.15) is 5.10 Å². The number of carboxylic acid groups (broad SMARTS) is 1. The van der Waals surface area contributed by atoms with Crippen molar-refractivity contribution in [3.63, 3.8) is 0 Å². The van der Waals surface area contributed by atoms with E-state index in [0.717, 1.165) is 12.1 Å². The van der Waals surface area contributed by atoms with Crippen LogP contribution >= 0.6 is 15.9 Å². The van der Waals surface area contributed by atoms with Gasteiger partial charge in [0.15, 0.2) is 0 Å². The van der Waals surface area contributed by atoms with Crippen LogP contribution in [-0.4, -0.2) is 25.1 Å². The van der Waals surface area contributed by atoms with Crippen molar-refractivity contribution in [1.82, 2.24) is 9.78 Å². The molecule has 0 amide bonds. The summed E-state index contributed by atoms with van der Waals surface area (Å²) in [5.41, 5.74) is 0.885. The van der Waals surface area contributed by atoms with E-state index in [2.05, 4.69) is 21.0 Å². The van der Waals surface area contributed by atoms with Crippen LogP contribution in [0.4, 0.5) is 0 Å². The molecule has 0 radical (unpaired) electrons. The molecule has 0 spiro atoms. The number of benzene rings is 1. The minimum absolute atomic E-state index is 0.0643. The number of halogens is 1. The highest BCUT2D eigenvalue weighted by Gasteiger charge is 2.16. The van der Waals surface area contributed by atoms with Crippen LogP contribution in [0.1, 0.15) is 22.8 Å². The second kappa shape index (κ2) is 6.32. The zero-order valence-corrected chi connectivity index (χ0v) is 13.1. The van der Waals surface area contributed by atoms with Gasteiger partial charge in [0.2, 0.25) is 0 Å². The van der Waals surface area contributed by atoms with Crippen molar-refractivity contribution >= 4 is 32.7 Å². The van der Waals surface area contributed by atoms with E-state index < -0.39 is 16.8 Å². The quantitative estimate of drug-likeness (QED) is 0.893. The van der Waals surface area contributed by atoms with Gasteiger partial charge in [-0.3, -0.25) is 8.89 Å². The molecule has 5 nitrogen and oxygen atoms in total. The van der Waals surface area contributed by atoms with Crippen LogP contribution in [0.15, 0.2) is 40.0 Å². The molecule has 106 valence electrons. The lowest BCUT2D eigenvalue weighted by Gasteiger charge is -2.06. The van der Waals surface area contributed by atoms with E-state index >= 15 is 0 Å². The zero-order chi connectivity index (χ0) is 14.7. The molecular weight excluding hydrogens is 344 g/mol. The highest BCUT2D eigenvalue weighted by Crippen LogP contribution is 2.22. The number of rotatable bonds is 5. The zero-order valence-electron chi connectivity index (χ0n) is 10.7. The first kappa shape index (κ1) is 14.9. The highest BCUT2D eigenvalue weighted by atomic mass is 79.9. The van der Waals surface area contributed by atoms with Gasteiger partial charge in [-0.25, -0.2) is 4.79 Å². The fourth-order valence-electron chi connectivity index (χ4n) is 1.74. The highest BCUT2D eigenvalue weighted by molar-refractivity contribution is 9.10. The van der Waals surface area contributed by atoms with Crippen LogP contribution < -0.4 is 0 Å². The maximum atomic E-state index is 12.4. The molecule has 1 N–H and O–H groups in total. The normalized spacial score (nSPS) is 12.3. The molecule has 0 aliphatic carbocycles. The Kier molecular flexibility index (Phi) is 4.72. The molecular formula is C13H13BrN2O3S. The molecule has 1 aromatic heterocycles. The molecule has 1 atom stereocenters. The van der Waals surface area contributed by atoms with Crippen molar-refractivity contribution in [2.75, 3.05) is 0 Å². The largest absolute Gasteiger partial charge is 0.478 e. The first-order valence-electron chi connectivity index (χ1n) is 5.93. The first-order chi connectivity index (χ1) is 9.51. The molecule has 2 aromatic rings. The number of hydrogen-bond acceptors (Lipinski definition) is 3. The summed E-state index contributed by atoms with van der Waals surface area (Å²) in [5.74, 6) is -0.832. The van der Waals surface area contributed by atoms with Crippen molar-refractivity contribution in [2.24, 2.45) is 0 Å². The summed E-state index contributed by atoms with van der Waals surface area (Å²) in [5, 5.41) is 13.3. The van der Waals surface area contributed by atoms with Crippen LogP contribution in [0, 0.1) is 0 Å². The Labute approximate surface area is 127 Å². The molecule has 20 heavy (non-hydrogen) atoms. The van der Waals surface area contributed by atoms with Gasteiger partial charge < -0.3 is 5.11 Å². The molecule has 1 unspecified atom stereocenters. The van der Waals surface area contributed by atoms with Gasteiger partial charge in [-0.05, 0) is 25.1 Å². The van der Waals surface area contributed by atoms with Gasteiger partial charge in [-0.15, -0.1) is 0 Å². The van der Waals surface area contributed by atoms with E-state index in [-0.39, 0.29) is 11.3 Å². The summed E-state index contributed by atoms with van der Waals surface area (Å²) in [6, 6.07) is 4.66. The number of aryl methyl sites for hydroxylation is 1. The van der Waals surface area contributed by atoms with Gasteiger partial charge >= 0.3 is 5.97 Å². The average molecular weight is 357 g/mol. The second-order valence-electron chi connectivity index (χ2n) is 4.14. The average Bonchev–Trinajstić information content (AvgIpc) is 2.85. The summed E-state index contributed by atoms with van der Waals surface area (Å²) in [7, 11) is -1.43. The van der Waals surface area contributed by atoms with E-state index in [1.54, 1.807) is 23.0 Å². The Bertz CT molecular complexity index is 669. The van der Waals surface area contributed by atoms with E-state index in [9.17, 15) is 9.00 Å². The lowest BCUT2D eigenvalue weighted by molar-refractivity contribution is 0.0693. The molecule has 2 rings (SSSR count). The molecule has 0 fully saturated rings. The van der Waals surface area contributed by atoms with Gasteiger partial charge in [-0.1, -0.05) is 15.9 Å². The van der Waals surface area contributed by atoms with Crippen molar-refractivity contribution in [3.8, 4) is 0 Å². The lowest BCUT2D eigenvalue weighted by atomic mass is 10.2. The third-order valence-corrected chi connectivity index (χ3v) is 4.64. The van der Waals surface area contributed by atoms with Crippen molar-refractivity contribution in [1.29, 1.82) is 0 Å². The van der Waals surface area contributed by atoms with Crippen LogP contribution in [0.2, 0.25) is 0 Å². The number of aromatic carboxylic acids is 1. The van der Waals surface area contributed by atoms with Gasteiger partial charge in [0.05, 0.1) is 33.2 Å². The van der Waals surface area contributed by atoms with Crippen molar-refractivity contribution in [2.45, 2.75) is 24.1 Å². The first-order valence-corrected chi connectivity index (χ1v) is 8.05. The van der Waals surface area contributed by atoms with Crippen molar-refractivity contribution < 1.29 is 14.1 Å². The number of carbonyl (C=O) groups is 1. The topological polar surface area (TPSA) is 72.2 Å². The fourth-order valence-corrected chi connectivity index (χ4v) is 3.52. The number of aromatic nitrogens is 2.